The van der Waals surface area contributed by atoms with E-state index in [2.05, 4.69) is 15.6 Å². The first-order valence-electron chi connectivity index (χ1n) is 18.3. The van der Waals surface area contributed by atoms with E-state index in [1.54, 1.807) is 67.8 Å². The van der Waals surface area contributed by atoms with Crippen LogP contribution < -0.4 is 24.4 Å². The van der Waals surface area contributed by atoms with Crippen molar-refractivity contribution in [3.8, 4) is 17.2 Å². The van der Waals surface area contributed by atoms with Crippen molar-refractivity contribution in [2.75, 3.05) is 21.0 Å². The molecule has 13 heteroatoms. The summed E-state index contributed by atoms with van der Waals surface area (Å²) in [6, 6.07) is 44.6. The van der Waals surface area contributed by atoms with E-state index in [4.69, 9.17) is 40.1 Å². The fraction of sp³-hybridized carbons (Fsp3) is 0.156. The number of nitrogens with one attached hydrogen (secondary N) is 1. The number of aromatic nitrogens is 3. The van der Waals surface area contributed by atoms with E-state index in [0.29, 0.717) is 61.1 Å². The van der Waals surface area contributed by atoms with Crippen LogP contribution >= 0.6 is 11.6 Å². The maximum atomic E-state index is 14.3. The van der Waals surface area contributed by atoms with Crippen molar-refractivity contribution in [3.05, 3.63) is 184 Å². The number of rotatable bonds is 16. The van der Waals surface area contributed by atoms with Crippen molar-refractivity contribution in [1.29, 1.82) is 0 Å². The number of ether oxygens (including phenoxy) is 5. The smallest absolute Gasteiger partial charge is 0.409 e. The third-order valence-electron chi connectivity index (χ3n) is 9.37. The summed E-state index contributed by atoms with van der Waals surface area (Å²) >= 11 is 6.12. The van der Waals surface area contributed by atoms with Crippen molar-refractivity contribution < 1.29 is 38.1 Å². The third kappa shape index (κ3) is 8.98. The summed E-state index contributed by atoms with van der Waals surface area (Å²) in [6.07, 6.45) is -0.773. The molecule has 1 heterocycles. The Morgan fingerprint density at radius 1 is 0.741 bits per heavy atom. The quantitative estimate of drug-likeness (QED) is 0.0584. The largest absolute Gasteiger partial charge is 0.497 e. The zero-order valence-corrected chi connectivity index (χ0v) is 32.4. The Bertz CT molecular complexity index is 2350. The Labute approximate surface area is 339 Å². The highest BCUT2D eigenvalue weighted by molar-refractivity contribution is 6.31. The molecule has 1 atom stereocenters. The van der Waals surface area contributed by atoms with E-state index in [9.17, 15) is 9.59 Å². The van der Waals surface area contributed by atoms with Crippen LogP contribution in [-0.2, 0) is 32.9 Å². The predicted molar refractivity (Wildman–Crippen MR) is 217 cm³/mol. The summed E-state index contributed by atoms with van der Waals surface area (Å²) in [5.74, 6) is 0.870. The second kappa shape index (κ2) is 18.3. The molecule has 1 N–H and O–H groups in total. The molecule has 0 bridgehead atoms. The lowest BCUT2D eigenvalue weighted by Crippen LogP contribution is -2.47. The van der Waals surface area contributed by atoms with Crippen LogP contribution in [0.4, 0.5) is 4.79 Å². The number of carbonyl (C=O) groups excluding carboxylic acids is 2. The summed E-state index contributed by atoms with van der Waals surface area (Å²) in [5.41, 5.74) is 3.30. The fourth-order valence-corrected chi connectivity index (χ4v) is 6.65. The number of amides is 1. The van der Waals surface area contributed by atoms with Gasteiger partial charge in [0, 0.05) is 39.8 Å². The van der Waals surface area contributed by atoms with Gasteiger partial charge >= 0.3 is 12.1 Å². The Balaban J connectivity index is 1.12. The molecule has 1 aromatic heterocycles. The van der Waals surface area contributed by atoms with Gasteiger partial charge in [-0.3, -0.25) is 0 Å². The van der Waals surface area contributed by atoms with E-state index < -0.39 is 23.7 Å². The van der Waals surface area contributed by atoms with Gasteiger partial charge in [-0.15, -0.1) is 5.10 Å². The van der Waals surface area contributed by atoms with Gasteiger partial charge in [0.2, 0.25) is 0 Å². The van der Waals surface area contributed by atoms with Crippen molar-refractivity contribution >= 4 is 34.7 Å². The molecule has 294 valence electrons. The summed E-state index contributed by atoms with van der Waals surface area (Å²) < 4.78 is 29.0. The molecule has 6 aromatic carbocycles. The second-order valence-electron chi connectivity index (χ2n) is 13.0. The molecule has 0 unspecified atom stereocenters. The number of halogens is 1. The molecule has 7 aromatic rings. The molecule has 0 aliphatic heterocycles. The molecule has 0 radical (unpaired) electrons. The van der Waals surface area contributed by atoms with Crippen LogP contribution in [0.5, 0.6) is 17.2 Å². The zero-order valence-electron chi connectivity index (χ0n) is 31.6. The topological polar surface area (TPSA) is 132 Å². The second-order valence-corrected chi connectivity index (χ2v) is 13.4. The number of methoxy groups -OCH3 is 2. The van der Waals surface area contributed by atoms with Gasteiger partial charge in [-0.05, 0) is 53.2 Å². The minimum Gasteiger partial charge on any atom is -0.497 e. The molecule has 58 heavy (non-hydrogen) atoms. The van der Waals surface area contributed by atoms with Gasteiger partial charge in [-0.1, -0.05) is 120 Å². The van der Waals surface area contributed by atoms with Crippen LogP contribution in [0, 0.1) is 0 Å². The predicted octanol–water partition coefficient (Wildman–Crippen LogP) is 7.94. The first-order chi connectivity index (χ1) is 28.4. The Hall–Kier alpha value is -7.05. The Kier molecular flexibility index (Phi) is 12.3. The molecule has 7 rings (SSSR count). The van der Waals surface area contributed by atoms with E-state index in [1.165, 1.54) is 12.0 Å². The highest BCUT2D eigenvalue weighted by atomic mass is 35.5. The van der Waals surface area contributed by atoms with Gasteiger partial charge in [0.05, 0.1) is 14.2 Å². The van der Waals surface area contributed by atoms with Gasteiger partial charge < -0.3 is 33.8 Å². The van der Waals surface area contributed by atoms with Crippen LogP contribution in [0.2, 0.25) is 5.02 Å². The van der Waals surface area contributed by atoms with Crippen LogP contribution in [-0.4, -0.2) is 54.3 Å². The van der Waals surface area contributed by atoms with E-state index in [1.807, 2.05) is 91.0 Å². The molecule has 0 saturated heterocycles. The molecule has 0 spiro atoms. The van der Waals surface area contributed by atoms with Crippen LogP contribution in [0.3, 0.4) is 0 Å². The number of nitrogens with zero attached hydrogens (tertiary/aromatic N) is 3. The summed E-state index contributed by atoms with van der Waals surface area (Å²) in [5, 5.41) is 11.4. The Morgan fingerprint density at radius 3 is 1.97 bits per heavy atom. The van der Waals surface area contributed by atoms with Gasteiger partial charge in [-0.2, -0.15) is 0 Å². The minimum atomic E-state index is -1.37. The molecular formula is C45H39ClN4O8. The molecule has 1 amide bonds. The summed E-state index contributed by atoms with van der Waals surface area (Å²) in [7, 11) is 3.07. The zero-order chi connectivity index (χ0) is 40.3. The standard InChI is InChI=1S/C45H39ClN4O8/c1-53-38-24-20-32(42(28-38)54-2)29-55-43(51)40(26-31-18-22-37(23-19-31)56-30-57-50-41-27-36(46)21-25-39(41)48-49-50)47-44(52)58-45(33-12-6-3-7-13-33,34-14-8-4-9-15-34)35-16-10-5-11-17-35/h3-25,27-28,40H,26,29-30H2,1-2H3,(H,47,52)/t40-/m1/s1. The van der Waals surface area contributed by atoms with Gasteiger partial charge in [0.15, 0.2) is 5.60 Å². The van der Waals surface area contributed by atoms with Crippen LogP contribution in [0.15, 0.2) is 152 Å². The molecule has 0 saturated carbocycles. The SMILES string of the molecule is COc1ccc(COC(=O)[C@@H](Cc2ccc(OCOn3nnc4ccc(Cl)cc43)cc2)NC(=O)OC(c2ccccc2)(c2ccccc2)c2ccccc2)c(OC)c1. The third-order valence-corrected chi connectivity index (χ3v) is 9.60. The molecular weight excluding hydrogens is 760 g/mol. The van der Waals surface area contributed by atoms with Gasteiger partial charge in [0.1, 0.15) is 40.9 Å². The van der Waals surface area contributed by atoms with E-state index >= 15 is 0 Å². The van der Waals surface area contributed by atoms with Crippen LogP contribution in [0.25, 0.3) is 11.0 Å². The van der Waals surface area contributed by atoms with Crippen molar-refractivity contribution in [2.45, 2.75) is 24.7 Å². The average molecular weight is 799 g/mol. The number of alkyl carbamates (subject to hydrolysis) is 1. The number of benzene rings is 6. The molecule has 0 aliphatic carbocycles. The van der Waals surface area contributed by atoms with Gasteiger partial charge in [0.25, 0.3) is 6.79 Å². The van der Waals surface area contributed by atoms with Crippen molar-refractivity contribution in [3.63, 3.8) is 0 Å². The normalized spacial score (nSPS) is 11.6. The lowest BCUT2D eigenvalue weighted by atomic mass is 9.80. The van der Waals surface area contributed by atoms with Crippen LogP contribution in [0.1, 0.15) is 27.8 Å². The summed E-state index contributed by atoms with van der Waals surface area (Å²) in [6.45, 7) is -0.297. The number of carbonyl (C=O) groups is 2. The minimum absolute atomic E-state index is 0.0607. The van der Waals surface area contributed by atoms with E-state index in [0.717, 1.165) is 0 Å². The maximum Gasteiger partial charge on any atom is 0.409 e. The maximum absolute atomic E-state index is 14.3. The lowest BCUT2D eigenvalue weighted by molar-refractivity contribution is -0.147. The average Bonchev–Trinajstić information content (AvgIpc) is 3.67. The molecule has 12 nitrogen and oxygen atoms in total. The number of hydrogen-bond acceptors (Lipinski definition) is 10. The van der Waals surface area contributed by atoms with Crippen molar-refractivity contribution in [2.24, 2.45) is 0 Å². The Morgan fingerprint density at radius 2 is 1.36 bits per heavy atom. The monoisotopic (exact) mass is 798 g/mol. The number of hydrogen-bond donors (Lipinski definition) is 1. The van der Waals surface area contributed by atoms with Gasteiger partial charge in [-0.25, -0.2) is 9.59 Å². The lowest BCUT2D eigenvalue weighted by Gasteiger charge is -2.35. The first kappa shape index (κ1) is 39.2. The fourth-order valence-electron chi connectivity index (χ4n) is 6.49. The number of fused-ring (bicyclic) bond motifs is 1. The molecule has 0 fully saturated rings. The highest BCUT2D eigenvalue weighted by Crippen LogP contribution is 2.40. The number of esters is 1. The van der Waals surface area contributed by atoms with E-state index in [-0.39, 0.29) is 19.8 Å². The highest BCUT2D eigenvalue weighted by Gasteiger charge is 2.41. The first-order valence-corrected chi connectivity index (χ1v) is 18.6. The van der Waals surface area contributed by atoms with Crippen molar-refractivity contribution in [1.82, 2.24) is 20.5 Å². The summed E-state index contributed by atoms with van der Waals surface area (Å²) in [4.78, 5) is 35.1. The molecule has 0 aliphatic rings.